The number of allylic oxidation sites excluding steroid dienone is 1. The maximum atomic E-state index is 10.1. The minimum absolute atomic E-state index is 0.317. The zero-order valence-electron chi connectivity index (χ0n) is 8.44. The van der Waals surface area contributed by atoms with E-state index >= 15 is 0 Å². The lowest BCUT2D eigenvalue weighted by Gasteiger charge is -2.03. The van der Waals surface area contributed by atoms with Crippen LogP contribution in [0.3, 0.4) is 0 Å². The number of hydrogen-bond acceptors (Lipinski definition) is 2. The SMILES string of the molecule is C=CC.O=C(O)COc1ccccc1Br. The van der Waals surface area contributed by atoms with Crippen LogP contribution >= 0.6 is 15.9 Å². The highest BCUT2D eigenvalue weighted by Crippen LogP contribution is 2.23. The third-order valence-corrected chi connectivity index (χ3v) is 1.84. The Bertz CT molecular complexity index is 323. The van der Waals surface area contributed by atoms with Gasteiger partial charge in [-0.2, -0.15) is 0 Å². The highest BCUT2D eigenvalue weighted by Gasteiger charge is 2.01. The minimum atomic E-state index is -0.981. The van der Waals surface area contributed by atoms with Gasteiger partial charge in [-0.25, -0.2) is 4.79 Å². The van der Waals surface area contributed by atoms with Gasteiger partial charge in [0.25, 0.3) is 0 Å². The van der Waals surface area contributed by atoms with Crippen LogP contribution in [0.5, 0.6) is 5.75 Å². The molecule has 0 aromatic heterocycles. The third-order valence-electron chi connectivity index (χ3n) is 1.19. The Hall–Kier alpha value is -1.29. The average molecular weight is 273 g/mol. The van der Waals surface area contributed by atoms with Gasteiger partial charge in [0.15, 0.2) is 6.61 Å². The summed E-state index contributed by atoms with van der Waals surface area (Å²) in [7, 11) is 0. The number of halogens is 1. The van der Waals surface area contributed by atoms with Gasteiger partial charge in [-0.1, -0.05) is 18.2 Å². The number of para-hydroxylation sites is 1. The van der Waals surface area contributed by atoms with Crippen molar-refractivity contribution in [2.45, 2.75) is 6.92 Å². The molecule has 0 bridgehead atoms. The van der Waals surface area contributed by atoms with Crippen LogP contribution < -0.4 is 4.74 Å². The molecule has 0 fully saturated rings. The molecule has 0 aliphatic heterocycles. The molecular formula is C11H13BrO3. The highest BCUT2D eigenvalue weighted by atomic mass is 79.9. The van der Waals surface area contributed by atoms with Crippen molar-refractivity contribution in [1.82, 2.24) is 0 Å². The van der Waals surface area contributed by atoms with Crippen molar-refractivity contribution in [3.05, 3.63) is 41.4 Å². The molecule has 82 valence electrons. The minimum Gasteiger partial charge on any atom is -0.481 e. The van der Waals surface area contributed by atoms with Crippen LogP contribution in [0.15, 0.2) is 41.4 Å². The molecule has 15 heavy (non-hydrogen) atoms. The van der Waals surface area contributed by atoms with Gasteiger partial charge in [0.05, 0.1) is 4.47 Å². The van der Waals surface area contributed by atoms with Gasteiger partial charge in [0, 0.05) is 0 Å². The molecule has 4 heteroatoms. The molecule has 0 atom stereocenters. The van der Waals surface area contributed by atoms with E-state index in [9.17, 15) is 4.79 Å². The number of ether oxygens (including phenoxy) is 1. The van der Waals surface area contributed by atoms with E-state index < -0.39 is 5.97 Å². The topological polar surface area (TPSA) is 46.5 Å². The molecule has 1 aromatic rings. The monoisotopic (exact) mass is 272 g/mol. The van der Waals surface area contributed by atoms with Gasteiger partial charge in [0.2, 0.25) is 0 Å². The molecule has 0 spiro atoms. The summed E-state index contributed by atoms with van der Waals surface area (Å²) < 4.78 is 5.71. The van der Waals surface area contributed by atoms with E-state index in [1.165, 1.54) is 0 Å². The van der Waals surface area contributed by atoms with Crippen LogP contribution in [0.25, 0.3) is 0 Å². The summed E-state index contributed by atoms with van der Waals surface area (Å²) in [5.74, 6) is -0.439. The largest absolute Gasteiger partial charge is 0.481 e. The Kier molecular flexibility index (Phi) is 7.36. The number of carbonyl (C=O) groups is 1. The van der Waals surface area contributed by atoms with Crippen molar-refractivity contribution in [3.63, 3.8) is 0 Å². The molecule has 0 amide bonds. The number of aliphatic carboxylic acids is 1. The van der Waals surface area contributed by atoms with Crippen molar-refractivity contribution in [1.29, 1.82) is 0 Å². The summed E-state index contributed by atoms with van der Waals surface area (Å²) in [6, 6.07) is 7.10. The number of hydrogen-bond donors (Lipinski definition) is 1. The third kappa shape index (κ3) is 6.74. The molecule has 0 aliphatic carbocycles. The number of benzene rings is 1. The van der Waals surface area contributed by atoms with Gasteiger partial charge < -0.3 is 9.84 Å². The summed E-state index contributed by atoms with van der Waals surface area (Å²) in [6.07, 6.45) is 1.75. The Morgan fingerprint density at radius 3 is 2.60 bits per heavy atom. The molecule has 0 heterocycles. The fourth-order valence-electron chi connectivity index (χ4n) is 0.701. The van der Waals surface area contributed by atoms with E-state index in [0.717, 1.165) is 4.47 Å². The van der Waals surface area contributed by atoms with Crippen LogP contribution in [0.2, 0.25) is 0 Å². The molecule has 0 aliphatic rings. The van der Waals surface area contributed by atoms with E-state index in [2.05, 4.69) is 22.5 Å². The summed E-state index contributed by atoms with van der Waals surface area (Å²) in [5, 5.41) is 8.33. The van der Waals surface area contributed by atoms with Crippen LogP contribution in [0.4, 0.5) is 0 Å². The molecule has 0 unspecified atom stereocenters. The van der Waals surface area contributed by atoms with Crippen molar-refractivity contribution in [2.75, 3.05) is 6.61 Å². The Morgan fingerprint density at radius 1 is 1.60 bits per heavy atom. The zero-order chi connectivity index (χ0) is 11.7. The molecule has 3 nitrogen and oxygen atoms in total. The molecule has 0 saturated heterocycles. The summed E-state index contributed by atoms with van der Waals surface area (Å²) >= 11 is 3.23. The predicted octanol–water partition coefficient (Wildman–Crippen LogP) is 3.10. The summed E-state index contributed by atoms with van der Waals surface area (Å²) in [6.45, 7) is 4.93. The fraction of sp³-hybridized carbons (Fsp3) is 0.182. The molecule has 1 N–H and O–H groups in total. The Labute approximate surface area is 97.5 Å². The number of carboxylic acid groups (broad SMARTS) is 1. The normalized spacial score (nSPS) is 8.40. The molecule has 1 aromatic carbocycles. The summed E-state index contributed by atoms with van der Waals surface area (Å²) in [4.78, 5) is 10.1. The first-order valence-corrected chi connectivity index (χ1v) is 5.07. The number of rotatable bonds is 3. The second-order valence-corrected chi connectivity index (χ2v) is 3.38. The van der Waals surface area contributed by atoms with Gasteiger partial charge in [-0.3, -0.25) is 0 Å². The van der Waals surface area contributed by atoms with Crippen LogP contribution in [-0.4, -0.2) is 17.7 Å². The van der Waals surface area contributed by atoms with Crippen molar-refractivity contribution in [3.8, 4) is 5.75 Å². The van der Waals surface area contributed by atoms with E-state index in [1.54, 1.807) is 24.3 Å². The van der Waals surface area contributed by atoms with Gasteiger partial charge in [-0.05, 0) is 35.0 Å². The Morgan fingerprint density at radius 2 is 2.13 bits per heavy atom. The van der Waals surface area contributed by atoms with Gasteiger partial charge in [0.1, 0.15) is 5.75 Å². The maximum Gasteiger partial charge on any atom is 0.341 e. The first-order chi connectivity index (χ1) is 7.11. The number of carboxylic acids is 1. The average Bonchev–Trinajstić information content (AvgIpc) is 2.17. The molecule has 0 saturated carbocycles. The first kappa shape index (κ1) is 13.7. The van der Waals surface area contributed by atoms with Gasteiger partial charge >= 0.3 is 5.97 Å². The predicted molar refractivity (Wildman–Crippen MR) is 63.1 cm³/mol. The molecule has 1 rings (SSSR count). The van der Waals surface area contributed by atoms with E-state index in [4.69, 9.17) is 9.84 Å². The van der Waals surface area contributed by atoms with Crippen LogP contribution in [0, 0.1) is 0 Å². The maximum absolute atomic E-state index is 10.1. The lowest BCUT2D eigenvalue weighted by Crippen LogP contribution is -2.09. The second-order valence-electron chi connectivity index (χ2n) is 2.52. The lowest BCUT2D eigenvalue weighted by atomic mass is 10.3. The standard InChI is InChI=1S/C8H7BrO3.C3H6/c9-6-3-1-2-4-7(6)12-5-8(10)11;1-3-2/h1-4H,5H2,(H,10,11);3H,1H2,2H3. The first-order valence-electron chi connectivity index (χ1n) is 4.28. The van der Waals surface area contributed by atoms with Crippen molar-refractivity contribution >= 4 is 21.9 Å². The quantitative estimate of drug-likeness (QED) is 0.861. The zero-order valence-corrected chi connectivity index (χ0v) is 10.0. The van der Waals surface area contributed by atoms with Crippen molar-refractivity contribution in [2.24, 2.45) is 0 Å². The highest BCUT2D eigenvalue weighted by molar-refractivity contribution is 9.10. The van der Waals surface area contributed by atoms with E-state index in [-0.39, 0.29) is 6.61 Å². The molecule has 0 radical (unpaired) electrons. The van der Waals surface area contributed by atoms with Crippen LogP contribution in [-0.2, 0) is 4.79 Å². The van der Waals surface area contributed by atoms with Gasteiger partial charge in [-0.15, -0.1) is 6.58 Å². The second kappa shape index (κ2) is 8.05. The fourth-order valence-corrected chi connectivity index (χ4v) is 1.10. The van der Waals surface area contributed by atoms with E-state index in [1.807, 2.05) is 13.0 Å². The molecular weight excluding hydrogens is 260 g/mol. The Balaban J connectivity index is 0.000000583. The van der Waals surface area contributed by atoms with Crippen molar-refractivity contribution < 1.29 is 14.6 Å². The van der Waals surface area contributed by atoms with E-state index in [0.29, 0.717) is 5.75 Å². The smallest absolute Gasteiger partial charge is 0.341 e. The van der Waals surface area contributed by atoms with Crippen LogP contribution in [0.1, 0.15) is 6.92 Å². The summed E-state index contributed by atoms with van der Waals surface area (Å²) in [5.41, 5.74) is 0. The lowest BCUT2D eigenvalue weighted by molar-refractivity contribution is -0.139.